The predicted octanol–water partition coefficient (Wildman–Crippen LogP) is 0.0559. The van der Waals surface area contributed by atoms with Crippen molar-refractivity contribution in [1.82, 2.24) is 5.32 Å². The first-order chi connectivity index (χ1) is 3.84. The summed E-state index contributed by atoms with van der Waals surface area (Å²) in [5, 5.41) is 14.5. The Kier molecular flexibility index (Phi) is 1.48. The van der Waals surface area contributed by atoms with Gasteiger partial charge >= 0.3 is 0 Å². The lowest BCUT2D eigenvalue weighted by Gasteiger charge is -1.95. The van der Waals surface area contributed by atoms with Crippen molar-refractivity contribution in [2.75, 3.05) is 13.1 Å². The van der Waals surface area contributed by atoms with E-state index in [4.69, 9.17) is 5.21 Å². The molecule has 0 aromatic rings. The molecule has 0 spiro atoms. The van der Waals surface area contributed by atoms with Crippen molar-refractivity contribution in [2.45, 2.75) is 6.92 Å². The van der Waals surface area contributed by atoms with Crippen LogP contribution in [0.4, 0.5) is 0 Å². The molecule has 1 fully saturated rings. The van der Waals surface area contributed by atoms with Gasteiger partial charge in [-0.1, -0.05) is 12.1 Å². The van der Waals surface area contributed by atoms with Crippen LogP contribution in [-0.4, -0.2) is 24.0 Å². The highest BCUT2D eigenvalue weighted by Crippen LogP contribution is 2.01. The molecule has 1 saturated heterocycles. The molecular weight excluding hydrogens is 104 g/mol. The van der Waals surface area contributed by atoms with E-state index in [1.807, 2.05) is 6.92 Å². The minimum atomic E-state index is 0.417. The monoisotopic (exact) mass is 114 g/mol. The van der Waals surface area contributed by atoms with Crippen molar-refractivity contribution in [3.63, 3.8) is 0 Å². The van der Waals surface area contributed by atoms with Crippen molar-refractivity contribution < 1.29 is 5.21 Å². The van der Waals surface area contributed by atoms with E-state index in [0.717, 1.165) is 18.8 Å². The molecule has 1 aliphatic rings. The fourth-order valence-corrected chi connectivity index (χ4v) is 0.843. The van der Waals surface area contributed by atoms with Gasteiger partial charge in [0.15, 0.2) is 0 Å². The summed E-state index contributed by atoms with van der Waals surface area (Å²) in [6, 6.07) is 0. The second kappa shape index (κ2) is 2.13. The maximum Gasteiger partial charge on any atom is 0.0749 e. The molecule has 2 N–H and O–H groups in total. The van der Waals surface area contributed by atoms with Gasteiger partial charge in [0.2, 0.25) is 0 Å². The number of oxime groups is 1. The predicted molar refractivity (Wildman–Crippen MR) is 31.3 cm³/mol. The Morgan fingerprint density at radius 1 is 1.88 bits per heavy atom. The van der Waals surface area contributed by atoms with Gasteiger partial charge in [-0.05, 0) is 0 Å². The molecule has 1 heterocycles. The maximum atomic E-state index is 8.28. The molecule has 3 nitrogen and oxygen atoms in total. The Morgan fingerprint density at radius 2 is 2.62 bits per heavy atom. The van der Waals surface area contributed by atoms with E-state index in [1.165, 1.54) is 0 Å². The fraction of sp³-hybridized carbons (Fsp3) is 0.800. The average Bonchev–Trinajstić information content (AvgIpc) is 2.14. The molecule has 46 valence electrons. The highest BCUT2D eigenvalue weighted by Gasteiger charge is 2.16. The lowest BCUT2D eigenvalue weighted by Crippen LogP contribution is -2.08. The summed E-state index contributed by atoms with van der Waals surface area (Å²) in [5.74, 6) is 0.417. The molecule has 0 aliphatic carbocycles. The van der Waals surface area contributed by atoms with Gasteiger partial charge in [-0.2, -0.15) is 0 Å². The Hall–Kier alpha value is -0.570. The van der Waals surface area contributed by atoms with Gasteiger partial charge in [0.1, 0.15) is 0 Å². The molecule has 0 radical (unpaired) electrons. The Labute approximate surface area is 48.4 Å². The van der Waals surface area contributed by atoms with Crippen molar-refractivity contribution in [3.8, 4) is 0 Å². The zero-order valence-corrected chi connectivity index (χ0v) is 4.89. The quantitative estimate of drug-likeness (QED) is 0.345. The summed E-state index contributed by atoms with van der Waals surface area (Å²) in [5.41, 5.74) is 0.866. The summed E-state index contributed by atoms with van der Waals surface area (Å²) in [6.07, 6.45) is 0. The Bertz CT molecular complexity index is 111. The summed E-state index contributed by atoms with van der Waals surface area (Å²) in [6.45, 7) is 3.73. The van der Waals surface area contributed by atoms with Crippen molar-refractivity contribution in [1.29, 1.82) is 0 Å². The third kappa shape index (κ3) is 0.816. The summed E-state index contributed by atoms with van der Waals surface area (Å²) >= 11 is 0. The second-order valence-electron chi connectivity index (χ2n) is 2.12. The normalized spacial score (nSPS) is 34.1. The van der Waals surface area contributed by atoms with Gasteiger partial charge in [0.05, 0.1) is 5.71 Å². The van der Waals surface area contributed by atoms with Crippen LogP contribution >= 0.6 is 0 Å². The highest BCUT2D eigenvalue weighted by molar-refractivity contribution is 5.89. The van der Waals surface area contributed by atoms with Crippen LogP contribution in [0, 0.1) is 5.92 Å². The molecule has 0 aromatic heterocycles. The summed E-state index contributed by atoms with van der Waals surface area (Å²) in [7, 11) is 0. The smallest absolute Gasteiger partial charge is 0.0749 e. The van der Waals surface area contributed by atoms with E-state index in [-0.39, 0.29) is 0 Å². The van der Waals surface area contributed by atoms with Crippen LogP contribution in [0.25, 0.3) is 0 Å². The van der Waals surface area contributed by atoms with Crippen LogP contribution in [-0.2, 0) is 0 Å². The third-order valence-electron chi connectivity index (χ3n) is 1.45. The first-order valence-electron chi connectivity index (χ1n) is 2.76. The van der Waals surface area contributed by atoms with Crippen LogP contribution in [0.2, 0.25) is 0 Å². The average molecular weight is 114 g/mol. The molecule has 1 atom stereocenters. The van der Waals surface area contributed by atoms with Gasteiger partial charge < -0.3 is 10.5 Å². The third-order valence-corrected chi connectivity index (χ3v) is 1.45. The second-order valence-corrected chi connectivity index (χ2v) is 2.12. The zero-order valence-electron chi connectivity index (χ0n) is 4.89. The lowest BCUT2D eigenvalue weighted by molar-refractivity contribution is 0.316. The lowest BCUT2D eigenvalue weighted by atomic mass is 10.1. The van der Waals surface area contributed by atoms with Gasteiger partial charge in [-0.15, -0.1) is 0 Å². The maximum absolute atomic E-state index is 8.28. The first-order valence-corrected chi connectivity index (χ1v) is 2.76. The molecule has 0 saturated carbocycles. The first kappa shape index (κ1) is 5.56. The minimum absolute atomic E-state index is 0.417. The number of hydrogen-bond acceptors (Lipinski definition) is 3. The Morgan fingerprint density at radius 3 is 2.88 bits per heavy atom. The van der Waals surface area contributed by atoms with Crippen LogP contribution in [0.15, 0.2) is 5.16 Å². The molecule has 1 aliphatic heterocycles. The van der Waals surface area contributed by atoms with Gasteiger partial charge in [-0.25, -0.2) is 0 Å². The molecule has 1 unspecified atom stereocenters. The van der Waals surface area contributed by atoms with Gasteiger partial charge in [-0.3, -0.25) is 0 Å². The fourth-order valence-electron chi connectivity index (χ4n) is 0.843. The minimum Gasteiger partial charge on any atom is -0.411 e. The van der Waals surface area contributed by atoms with E-state index in [2.05, 4.69) is 10.5 Å². The van der Waals surface area contributed by atoms with Gasteiger partial charge in [0.25, 0.3) is 0 Å². The number of hydrogen-bond donors (Lipinski definition) is 2. The van der Waals surface area contributed by atoms with E-state index < -0.39 is 0 Å². The molecule has 0 aromatic carbocycles. The molecule has 3 heteroatoms. The molecule has 0 bridgehead atoms. The molecule has 0 amide bonds. The summed E-state index contributed by atoms with van der Waals surface area (Å²) < 4.78 is 0. The SMILES string of the molecule is CC1CNC/C1=N\O. The van der Waals surface area contributed by atoms with Crippen molar-refractivity contribution in [2.24, 2.45) is 11.1 Å². The van der Waals surface area contributed by atoms with Crippen molar-refractivity contribution in [3.05, 3.63) is 0 Å². The van der Waals surface area contributed by atoms with Crippen LogP contribution in [0.3, 0.4) is 0 Å². The standard InChI is InChI=1S/C5H10N2O/c1-4-2-6-3-5(4)7-8/h4,6,8H,2-3H2,1H3/b7-5+. The topological polar surface area (TPSA) is 44.6 Å². The Balaban J connectivity index is 2.55. The number of nitrogens with one attached hydrogen (secondary N) is 1. The zero-order chi connectivity index (χ0) is 5.98. The largest absolute Gasteiger partial charge is 0.411 e. The van der Waals surface area contributed by atoms with Crippen molar-refractivity contribution >= 4 is 5.71 Å². The van der Waals surface area contributed by atoms with E-state index in [1.54, 1.807) is 0 Å². The highest BCUT2D eigenvalue weighted by atomic mass is 16.4. The van der Waals surface area contributed by atoms with E-state index in [9.17, 15) is 0 Å². The van der Waals surface area contributed by atoms with Crippen LogP contribution in [0.5, 0.6) is 0 Å². The van der Waals surface area contributed by atoms with E-state index in [0.29, 0.717) is 5.92 Å². The van der Waals surface area contributed by atoms with Gasteiger partial charge in [0, 0.05) is 19.0 Å². The molecule has 8 heavy (non-hydrogen) atoms. The summed E-state index contributed by atoms with van der Waals surface area (Å²) in [4.78, 5) is 0. The van der Waals surface area contributed by atoms with Crippen LogP contribution in [0.1, 0.15) is 6.92 Å². The van der Waals surface area contributed by atoms with Crippen LogP contribution < -0.4 is 5.32 Å². The molecular formula is C5H10N2O. The van der Waals surface area contributed by atoms with E-state index >= 15 is 0 Å². The number of rotatable bonds is 0. The molecule has 1 rings (SSSR count). The number of nitrogens with zero attached hydrogens (tertiary/aromatic N) is 1.